The normalized spacial score (nSPS) is 18.5. The zero-order valence-electron chi connectivity index (χ0n) is 24.9. The largest absolute Gasteiger partial charge is 0.508 e. The van der Waals surface area contributed by atoms with Gasteiger partial charge in [-0.1, -0.05) is 13.0 Å². The standard InChI is InChI=1S/C34H38F2N4O3/c1-3-23-26(35)10-9-21-17-22(41)18-24(28(21)23)25-19-27(42-2)29-31(30(25)36)37-33(38-32(29)39-13-5-4-6-14-39)43-20-34-11-7-15-40(34)16-8-12-34/h9-10,17-19,41H,3-8,11-16,20H2,1-2H3. The number of piperidine rings is 1. The van der Waals surface area contributed by atoms with E-state index in [1.165, 1.54) is 12.1 Å². The molecule has 3 aliphatic heterocycles. The third-order valence-corrected chi connectivity index (χ3v) is 9.79. The maximum absolute atomic E-state index is 16.9. The number of aryl methyl sites for hydroxylation is 1. The summed E-state index contributed by atoms with van der Waals surface area (Å²) < 4.78 is 44.2. The van der Waals surface area contributed by atoms with Gasteiger partial charge >= 0.3 is 6.01 Å². The van der Waals surface area contributed by atoms with E-state index in [2.05, 4.69) is 14.8 Å². The molecular weight excluding hydrogens is 550 g/mol. The molecule has 0 saturated carbocycles. The first-order valence-corrected chi connectivity index (χ1v) is 15.6. The summed E-state index contributed by atoms with van der Waals surface area (Å²) in [5, 5.41) is 12.3. The zero-order valence-corrected chi connectivity index (χ0v) is 24.9. The van der Waals surface area contributed by atoms with Crippen LogP contribution in [0, 0.1) is 11.6 Å². The van der Waals surface area contributed by atoms with Crippen LogP contribution in [0.15, 0.2) is 30.3 Å². The molecule has 3 saturated heterocycles. The van der Waals surface area contributed by atoms with Gasteiger partial charge in [0.25, 0.3) is 0 Å². The van der Waals surface area contributed by atoms with E-state index in [0.29, 0.717) is 51.9 Å². The van der Waals surface area contributed by atoms with Crippen LogP contribution in [-0.2, 0) is 6.42 Å². The fraction of sp³-hybridized carbons (Fsp3) is 0.471. The molecule has 1 aromatic heterocycles. The van der Waals surface area contributed by atoms with Crippen molar-refractivity contribution < 1.29 is 23.4 Å². The van der Waals surface area contributed by atoms with Crippen LogP contribution >= 0.6 is 0 Å². The van der Waals surface area contributed by atoms with Crippen LogP contribution in [0.3, 0.4) is 0 Å². The van der Waals surface area contributed by atoms with Crippen molar-refractivity contribution in [3.05, 3.63) is 47.5 Å². The summed E-state index contributed by atoms with van der Waals surface area (Å²) in [4.78, 5) is 14.3. The first-order valence-electron chi connectivity index (χ1n) is 15.6. The van der Waals surface area contributed by atoms with E-state index in [4.69, 9.17) is 14.5 Å². The van der Waals surface area contributed by atoms with E-state index < -0.39 is 5.82 Å². The molecule has 0 aliphatic carbocycles. The lowest BCUT2D eigenvalue weighted by molar-refractivity contribution is 0.108. The van der Waals surface area contributed by atoms with Gasteiger partial charge < -0.3 is 19.5 Å². The van der Waals surface area contributed by atoms with Gasteiger partial charge in [-0.05, 0) is 111 Å². The van der Waals surface area contributed by atoms with Crippen molar-refractivity contribution >= 4 is 27.5 Å². The quantitative estimate of drug-likeness (QED) is 0.249. The Labute approximate surface area is 250 Å². The minimum atomic E-state index is -0.582. The number of hydrogen-bond donors (Lipinski definition) is 1. The summed E-state index contributed by atoms with van der Waals surface area (Å²) in [7, 11) is 1.55. The van der Waals surface area contributed by atoms with Crippen molar-refractivity contribution in [3.63, 3.8) is 0 Å². The molecular formula is C34H38F2N4O3. The molecule has 9 heteroatoms. The van der Waals surface area contributed by atoms with Gasteiger partial charge in [0, 0.05) is 18.7 Å². The lowest BCUT2D eigenvalue weighted by Crippen LogP contribution is -2.43. The smallest absolute Gasteiger partial charge is 0.319 e. The second-order valence-electron chi connectivity index (χ2n) is 12.2. The van der Waals surface area contributed by atoms with E-state index in [0.717, 1.165) is 71.1 Å². The van der Waals surface area contributed by atoms with Crippen molar-refractivity contribution in [2.45, 2.75) is 63.8 Å². The summed E-state index contributed by atoms with van der Waals surface area (Å²) in [6.45, 7) is 6.08. The third kappa shape index (κ3) is 4.72. The second-order valence-corrected chi connectivity index (χ2v) is 12.2. The molecule has 43 heavy (non-hydrogen) atoms. The van der Waals surface area contributed by atoms with E-state index in [1.54, 1.807) is 25.3 Å². The second kappa shape index (κ2) is 11.1. The number of ether oxygens (including phenoxy) is 2. The van der Waals surface area contributed by atoms with E-state index in [9.17, 15) is 5.11 Å². The number of rotatable bonds is 7. The molecule has 0 bridgehead atoms. The predicted molar refractivity (Wildman–Crippen MR) is 164 cm³/mol. The lowest BCUT2D eigenvalue weighted by atomic mass is 9.91. The van der Waals surface area contributed by atoms with Gasteiger partial charge in [-0.25, -0.2) is 8.78 Å². The first kappa shape index (κ1) is 28.1. The predicted octanol–water partition coefficient (Wildman–Crippen LogP) is 7.00. The Bertz CT molecular complexity index is 1700. The van der Waals surface area contributed by atoms with E-state index >= 15 is 8.78 Å². The lowest BCUT2D eigenvalue weighted by Gasteiger charge is -2.32. The molecule has 0 amide bonds. The van der Waals surface area contributed by atoms with Gasteiger partial charge in [-0.3, -0.25) is 4.90 Å². The van der Waals surface area contributed by atoms with Crippen LogP contribution in [-0.4, -0.2) is 65.4 Å². The van der Waals surface area contributed by atoms with E-state index in [1.807, 2.05) is 6.92 Å². The molecule has 3 aliphatic rings. The zero-order chi connectivity index (χ0) is 29.7. The van der Waals surface area contributed by atoms with E-state index in [-0.39, 0.29) is 34.2 Å². The summed E-state index contributed by atoms with van der Waals surface area (Å²) >= 11 is 0. The summed E-state index contributed by atoms with van der Waals surface area (Å²) in [6.07, 6.45) is 8.03. The Morgan fingerprint density at radius 1 is 0.907 bits per heavy atom. The number of methoxy groups -OCH3 is 1. The number of aromatic hydroxyl groups is 1. The molecule has 7 rings (SSSR count). The molecule has 0 radical (unpaired) electrons. The average molecular weight is 589 g/mol. The minimum Gasteiger partial charge on any atom is -0.508 e. The molecule has 4 aromatic rings. The van der Waals surface area contributed by atoms with Gasteiger partial charge in [0.15, 0.2) is 5.82 Å². The van der Waals surface area contributed by atoms with Crippen molar-refractivity contribution in [1.82, 2.24) is 14.9 Å². The molecule has 0 spiro atoms. The summed E-state index contributed by atoms with van der Waals surface area (Å²) in [6, 6.07) is 7.84. The monoisotopic (exact) mass is 588 g/mol. The number of nitrogens with zero attached hydrogens (tertiary/aromatic N) is 4. The first-order chi connectivity index (χ1) is 20.9. The van der Waals surface area contributed by atoms with Crippen molar-refractivity contribution in [2.24, 2.45) is 0 Å². The van der Waals surface area contributed by atoms with Crippen LogP contribution in [0.2, 0.25) is 0 Å². The average Bonchev–Trinajstić information content (AvgIpc) is 3.61. The molecule has 1 N–H and O–H groups in total. The molecule has 0 unspecified atom stereocenters. The van der Waals surface area contributed by atoms with Gasteiger partial charge in [-0.2, -0.15) is 9.97 Å². The fourth-order valence-electron chi connectivity index (χ4n) is 7.68. The number of phenols is 1. The Hall–Kier alpha value is -3.72. The van der Waals surface area contributed by atoms with Crippen LogP contribution in [0.1, 0.15) is 57.4 Å². The number of benzene rings is 3. The van der Waals surface area contributed by atoms with Crippen LogP contribution in [0.25, 0.3) is 32.8 Å². The number of hydrogen-bond acceptors (Lipinski definition) is 7. The number of aromatic nitrogens is 2. The number of phenolic OH excluding ortho intramolecular Hbond substituents is 1. The highest BCUT2D eigenvalue weighted by molar-refractivity contribution is 6.05. The highest BCUT2D eigenvalue weighted by atomic mass is 19.1. The van der Waals surface area contributed by atoms with Crippen molar-refractivity contribution in [3.8, 4) is 28.6 Å². The Kier molecular flexibility index (Phi) is 7.24. The summed E-state index contributed by atoms with van der Waals surface area (Å²) in [5.41, 5.74) is 1.11. The van der Waals surface area contributed by atoms with Gasteiger partial charge in [0.05, 0.1) is 18.0 Å². The Balaban J connectivity index is 1.43. The number of anilines is 1. The van der Waals surface area contributed by atoms with Crippen LogP contribution < -0.4 is 14.4 Å². The highest BCUT2D eigenvalue weighted by Gasteiger charge is 2.45. The third-order valence-electron chi connectivity index (χ3n) is 9.79. The molecule has 226 valence electrons. The van der Waals surface area contributed by atoms with Gasteiger partial charge in [-0.15, -0.1) is 0 Å². The SMILES string of the molecule is CCc1c(F)ccc2cc(O)cc(-c3cc(OC)c4c(N5CCCCC5)nc(OCC56CCCN5CCC6)nc4c3F)c12. The number of fused-ring (bicyclic) bond motifs is 3. The van der Waals surface area contributed by atoms with Crippen molar-refractivity contribution in [1.29, 1.82) is 0 Å². The van der Waals surface area contributed by atoms with Crippen LogP contribution in [0.5, 0.6) is 17.5 Å². The minimum absolute atomic E-state index is 0.0111. The molecule has 4 heterocycles. The van der Waals surface area contributed by atoms with Crippen LogP contribution in [0.4, 0.5) is 14.6 Å². The number of halogens is 2. The molecule has 0 atom stereocenters. The highest BCUT2D eigenvalue weighted by Crippen LogP contribution is 2.45. The molecule has 3 aromatic carbocycles. The topological polar surface area (TPSA) is 71.0 Å². The van der Waals surface area contributed by atoms with Crippen molar-refractivity contribution in [2.75, 3.05) is 44.8 Å². The van der Waals surface area contributed by atoms with Gasteiger partial charge in [0.1, 0.15) is 35.3 Å². The Morgan fingerprint density at radius 3 is 2.40 bits per heavy atom. The Morgan fingerprint density at radius 2 is 1.67 bits per heavy atom. The fourth-order valence-corrected chi connectivity index (χ4v) is 7.68. The summed E-state index contributed by atoms with van der Waals surface area (Å²) in [5.74, 6) is 0.0390. The van der Waals surface area contributed by atoms with Gasteiger partial charge in [0.2, 0.25) is 0 Å². The molecule has 3 fully saturated rings. The maximum atomic E-state index is 16.9. The molecule has 7 nitrogen and oxygen atoms in total. The maximum Gasteiger partial charge on any atom is 0.319 e.